The zero-order valence-corrected chi connectivity index (χ0v) is 15.0. The minimum atomic E-state index is -0.697. The second-order valence-electron chi connectivity index (χ2n) is 6.92. The van der Waals surface area contributed by atoms with Crippen molar-refractivity contribution in [3.8, 4) is 0 Å². The van der Waals surface area contributed by atoms with Gasteiger partial charge in [-0.15, -0.1) is 0 Å². The zero-order chi connectivity index (χ0) is 18.5. The maximum atomic E-state index is 12.3. The van der Waals surface area contributed by atoms with Crippen LogP contribution >= 0.6 is 0 Å². The molecule has 0 heterocycles. The third-order valence-electron chi connectivity index (χ3n) is 4.86. The Morgan fingerprint density at radius 2 is 1.88 bits per heavy atom. The van der Waals surface area contributed by atoms with E-state index in [4.69, 9.17) is 5.73 Å². The predicted molar refractivity (Wildman–Crippen MR) is 102 cm³/mol. The van der Waals surface area contributed by atoms with Gasteiger partial charge in [-0.1, -0.05) is 48.4 Å². The smallest absolute Gasteiger partial charge is 0.241 e. The first-order valence-electron chi connectivity index (χ1n) is 9.02. The fraction of sp³-hybridized carbons (Fsp3) is 0.333. The molecule has 0 saturated heterocycles. The summed E-state index contributed by atoms with van der Waals surface area (Å²) in [5.74, 6) is 0.00227. The molecule has 26 heavy (non-hydrogen) atoms. The van der Waals surface area contributed by atoms with Crippen LogP contribution in [0.3, 0.4) is 0 Å². The van der Waals surface area contributed by atoms with E-state index in [1.165, 1.54) is 0 Å². The summed E-state index contributed by atoms with van der Waals surface area (Å²) in [4.78, 5) is 24.3. The molecule has 1 aliphatic carbocycles. The van der Waals surface area contributed by atoms with Crippen molar-refractivity contribution in [3.05, 3.63) is 65.2 Å². The van der Waals surface area contributed by atoms with Crippen LogP contribution in [0.5, 0.6) is 0 Å². The Balaban J connectivity index is 1.55. The van der Waals surface area contributed by atoms with Gasteiger partial charge in [0.05, 0.1) is 0 Å². The third-order valence-corrected chi connectivity index (χ3v) is 4.86. The average Bonchev–Trinajstić information content (AvgIpc) is 2.58. The Kier molecular flexibility index (Phi) is 5.68. The van der Waals surface area contributed by atoms with Crippen LogP contribution in [-0.4, -0.2) is 11.8 Å². The summed E-state index contributed by atoms with van der Waals surface area (Å²) >= 11 is 0. The fourth-order valence-corrected chi connectivity index (χ4v) is 2.90. The first kappa shape index (κ1) is 18.1. The van der Waals surface area contributed by atoms with Gasteiger partial charge in [0.1, 0.15) is 6.04 Å². The van der Waals surface area contributed by atoms with Crippen molar-refractivity contribution in [2.45, 2.75) is 38.8 Å². The van der Waals surface area contributed by atoms with Crippen molar-refractivity contribution >= 4 is 17.5 Å². The van der Waals surface area contributed by atoms with Crippen LogP contribution in [0.25, 0.3) is 0 Å². The number of nitrogens with one attached hydrogen (secondary N) is 2. The zero-order valence-electron chi connectivity index (χ0n) is 15.0. The van der Waals surface area contributed by atoms with Gasteiger partial charge in [-0.05, 0) is 43.0 Å². The number of amides is 2. The minimum absolute atomic E-state index is 0.0822. The molecule has 0 aromatic heterocycles. The Morgan fingerprint density at radius 1 is 1.15 bits per heavy atom. The Morgan fingerprint density at radius 3 is 2.54 bits per heavy atom. The van der Waals surface area contributed by atoms with E-state index in [0.29, 0.717) is 6.54 Å². The maximum Gasteiger partial charge on any atom is 0.241 e. The monoisotopic (exact) mass is 351 g/mol. The van der Waals surface area contributed by atoms with Gasteiger partial charge in [-0.3, -0.25) is 9.59 Å². The Hall–Kier alpha value is -2.66. The number of anilines is 1. The first-order chi connectivity index (χ1) is 12.5. The molecule has 1 unspecified atom stereocenters. The molecular weight excluding hydrogens is 326 g/mol. The van der Waals surface area contributed by atoms with E-state index in [1.54, 1.807) is 0 Å². The van der Waals surface area contributed by atoms with Crippen LogP contribution in [0, 0.1) is 12.8 Å². The summed E-state index contributed by atoms with van der Waals surface area (Å²) in [6.07, 6.45) is 3.07. The number of hydrogen-bond donors (Lipinski definition) is 3. The van der Waals surface area contributed by atoms with Gasteiger partial charge in [0.2, 0.25) is 11.8 Å². The van der Waals surface area contributed by atoms with E-state index in [0.717, 1.165) is 41.6 Å². The van der Waals surface area contributed by atoms with E-state index in [2.05, 4.69) is 10.6 Å². The highest BCUT2D eigenvalue weighted by atomic mass is 16.2. The average molecular weight is 351 g/mol. The molecule has 4 N–H and O–H groups in total. The molecule has 0 radical (unpaired) electrons. The number of hydrogen-bond acceptors (Lipinski definition) is 3. The number of carbonyl (C=O) groups is 2. The highest BCUT2D eigenvalue weighted by molar-refractivity contribution is 5.93. The summed E-state index contributed by atoms with van der Waals surface area (Å²) in [6.45, 7) is 2.36. The summed E-state index contributed by atoms with van der Waals surface area (Å²) in [5.41, 5.74) is 9.63. The van der Waals surface area contributed by atoms with Gasteiger partial charge < -0.3 is 16.4 Å². The maximum absolute atomic E-state index is 12.3. The molecule has 3 rings (SSSR count). The minimum Gasteiger partial charge on any atom is -0.350 e. The molecule has 1 atom stereocenters. The fourth-order valence-electron chi connectivity index (χ4n) is 2.90. The van der Waals surface area contributed by atoms with Crippen molar-refractivity contribution in [3.63, 3.8) is 0 Å². The highest BCUT2D eigenvalue weighted by Crippen LogP contribution is 2.27. The molecule has 0 spiro atoms. The van der Waals surface area contributed by atoms with Crippen LogP contribution in [0.1, 0.15) is 42.0 Å². The summed E-state index contributed by atoms with van der Waals surface area (Å²) < 4.78 is 0. The molecule has 2 aromatic rings. The molecule has 1 fully saturated rings. The van der Waals surface area contributed by atoms with E-state index < -0.39 is 6.04 Å². The van der Waals surface area contributed by atoms with Gasteiger partial charge in [-0.25, -0.2) is 0 Å². The van der Waals surface area contributed by atoms with E-state index in [9.17, 15) is 9.59 Å². The number of aryl methyl sites for hydroxylation is 1. The Labute approximate surface area is 154 Å². The van der Waals surface area contributed by atoms with E-state index in [1.807, 2.05) is 55.5 Å². The molecule has 5 heteroatoms. The van der Waals surface area contributed by atoms with E-state index in [-0.39, 0.29) is 17.7 Å². The van der Waals surface area contributed by atoms with Gasteiger partial charge in [0, 0.05) is 18.2 Å². The lowest BCUT2D eigenvalue weighted by Crippen LogP contribution is -2.33. The van der Waals surface area contributed by atoms with Gasteiger partial charge in [0.15, 0.2) is 0 Å². The number of nitrogens with two attached hydrogens (primary N) is 1. The molecule has 5 nitrogen and oxygen atoms in total. The summed E-state index contributed by atoms with van der Waals surface area (Å²) in [5, 5.41) is 5.81. The second kappa shape index (κ2) is 8.15. The quantitative estimate of drug-likeness (QED) is 0.748. The van der Waals surface area contributed by atoms with Crippen LogP contribution in [0.15, 0.2) is 48.5 Å². The summed E-state index contributed by atoms with van der Waals surface area (Å²) in [6, 6.07) is 14.5. The van der Waals surface area contributed by atoms with Crippen LogP contribution in [0.4, 0.5) is 5.69 Å². The normalized spacial score (nSPS) is 15.0. The first-order valence-corrected chi connectivity index (χ1v) is 9.02. The highest BCUT2D eigenvalue weighted by Gasteiger charge is 2.25. The standard InChI is InChI=1S/C21H25N3O2/c1-14-8-10-16(11-9-14)19(22)21(26)23-13-15-4-2-7-18(12-15)24-20(25)17-5-3-6-17/h2,4,7-12,17,19H,3,5-6,13,22H2,1H3,(H,23,26)(H,24,25). The van der Waals surface area contributed by atoms with Gasteiger partial charge >= 0.3 is 0 Å². The largest absolute Gasteiger partial charge is 0.350 e. The number of benzene rings is 2. The van der Waals surface area contributed by atoms with Crippen molar-refractivity contribution in [1.82, 2.24) is 5.32 Å². The van der Waals surface area contributed by atoms with Crippen molar-refractivity contribution in [2.24, 2.45) is 11.7 Å². The lowest BCUT2D eigenvalue weighted by molar-refractivity contribution is -0.123. The molecule has 0 bridgehead atoms. The number of rotatable bonds is 6. The lowest BCUT2D eigenvalue weighted by Gasteiger charge is -2.24. The van der Waals surface area contributed by atoms with Crippen LogP contribution in [0.2, 0.25) is 0 Å². The molecule has 1 aliphatic rings. The third kappa shape index (κ3) is 4.49. The predicted octanol–water partition coefficient (Wildman–Crippen LogP) is 3.05. The van der Waals surface area contributed by atoms with Crippen LogP contribution < -0.4 is 16.4 Å². The SMILES string of the molecule is Cc1ccc(C(N)C(=O)NCc2cccc(NC(=O)C3CCC3)c2)cc1. The molecule has 136 valence electrons. The van der Waals surface area contributed by atoms with Crippen molar-refractivity contribution in [1.29, 1.82) is 0 Å². The van der Waals surface area contributed by atoms with Gasteiger partial charge in [-0.2, -0.15) is 0 Å². The molecule has 0 aliphatic heterocycles. The van der Waals surface area contributed by atoms with Gasteiger partial charge in [0.25, 0.3) is 0 Å². The van der Waals surface area contributed by atoms with Crippen molar-refractivity contribution in [2.75, 3.05) is 5.32 Å². The molecule has 1 saturated carbocycles. The Bertz CT molecular complexity index is 782. The molecular formula is C21H25N3O2. The molecule has 2 amide bonds. The second-order valence-corrected chi connectivity index (χ2v) is 6.92. The van der Waals surface area contributed by atoms with E-state index >= 15 is 0 Å². The summed E-state index contributed by atoms with van der Waals surface area (Å²) in [7, 11) is 0. The van der Waals surface area contributed by atoms with Crippen LogP contribution in [-0.2, 0) is 16.1 Å². The number of carbonyl (C=O) groups excluding carboxylic acids is 2. The van der Waals surface area contributed by atoms with Crippen molar-refractivity contribution < 1.29 is 9.59 Å². The lowest BCUT2D eigenvalue weighted by atomic mass is 9.85. The topological polar surface area (TPSA) is 84.2 Å². The molecule has 2 aromatic carbocycles.